The third-order valence-corrected chi connectivity index (χ3v) is 4.88. The summed E-state index contributed by atoms with van der Waals surface area (Å²) >= 11 is 1.31. The second kappa shape index (κ2) is 9.43. The number of benzene rings is 1. The Morgan fingerprint density at radius 3 is 2.77 bits per heavy atom. The van der Waals surface area contributed by atoms with Gasteiger partial charge < -0.3 is 9.84 Å². The second-order valence-corrected chi connectivity index (χ2v) is 7.19. The molecule has 0 aliphatic carbocycles. The van der Waals surface area contributed by atoms with E-state index in [1.54, 1.807) is 18.5 Å². The molecule has 4 rings (SSSR count). The fourth-order valence-corrected chi connectivity index (χ4v) is 3.20. The van der Waals surface area contributed by atoms with Crippen LogP contribution >= 0.6 is 11.8 Å². The Bertz CT molecular complexity index is 1160. The first-order valence-corrected chi connectivity index (χ1v) is 10.1. The molecule has 1 aromatic carbocycles. The molecule has 0 atom stereocenters. The van der Waals surface area contributed by atoms with E-state index in [2.05, 4.69) is 35.6 Å². The summed E-state index contributed by atoms with van der Waals surface area (Å²) < 4.78 is 32.3. The third-order valence-electron chi connectivity index (χ3n) is 4.03. The lowest BCUT2D eigenvalue weighted by molar-refractivity contribution is -0.116. The number of aromatic amines is 1. The van der Waals surface area contributed by atoms with E-state index in [1.165, 1.54) is 17.8 Å². The van der Waals surface area contributed by atoms with Gasteiger partial charge in [-0.15, -0.1) is 5.10 Å². The Labute approximate surface area is 178 Å². The molecule has 0 radical (unpaired) electrons. The molecular weight excluding hydrogens is 428 g/mol. The maximum atomic E-state index is 13.6. The van der Waals surface area contributed by atoms with Crippen molar-refractivity contribution in [2.24, 2.45) is 0 Å². The summed E-state index contributed by atoms with van der Waals surface area (Å²) in [5.41, 5.74) is 0.338. The van der Waals surface area contributed by atoms with Crippen LogP contribution < -0.4 is 5.32 Å². The normalized spacial score (nSPS) is 10.9. The average molecular weight is 443 g/mol. The monoisotopic (exact) mass is 443 g/mol. The van der Waals surface area contributed by atoms with Crippen molar-refractivity contribution < 1.29 is 18.1 Å². The van der Waals surface area contributed by atoms with E-state index in [9.17, 15) is 13.6 Å². The van der Waals surface area contributed by atoms with Crippen LogP contribution in [0.3, 0.4) is 0 Å². The minimum Gasteiger partial charge on any atom is -0.339 e. The van der Waals surface area contributed by atoms with Crippen LogP contribution in [-0.4, -0.2) is 36.2 Å². The van der Waals surface area contributed by atoms with Crippen LogP contribution in [0.1, 0.15) is 18.1 Å². The summed E-state index contributed by atoms with van der Waals surface area (Å²) in [6.07, 6.45) is 3.41. The molecule has 0 saturated carbocycles. The highest BCUT2D eigenvalue weighted by molar-refractivity contribution is 7.98. The minimum absolute atomic E-state index is 0.0715. The van der Waals surface area contributed by atoms with Crippen molar-refractivity contribution in [1.82, 2.24) is 30.3 Å². The largest absolute Gasteiger partial charge is 0.339 e. The molecule has 3 aromatic heterocycles. The summed E-state index contributed by atoms with van der Waals surface area (Å²) in [5.74, 6) is -0.642. The zero-order valence-corrected chi connectivity index (χ0v) is 16.7. The van der Waals surface area contributed by atoms with Crippen molar-refractivity contribution in [2.45, 2.75) is 23.8 Å². The number of anilines is 1. The first-order valence-electron chi connectivity index (χ1n) is 9.09. The molecule has 12 heteroatoms. The van der Waals surface area contributed by atoms with Crippen LogP contribution in [0.25, 0.3) is 11.4 Å². The third kappa shape index (κ3) is 5.28. The number of para-hydroxylation sites is 1. The van der Waals surface area contributed by atoms with Gasteiger partial charge in [0.05, 0.1) is 5.75 Å². The van der Waals surface area contributed by atoms with E-state index in [0.717, 1.165) is 17.7 Å². The number of aryl methyl sites for hydroxylation is 1. The first kappa shape index (κ1) is 20.6. The molecule has 0 aliphatic rings. The highest BCUT2D eigenvalue weighted by Crippen LogP contribution is 2.21. The molecular formula is C19H15F2N7O2S. The first-order chi connectivity index (χ1) is 15.1. The topological polar surface area (TPSA) is 122 Å². The van der Waals surface area contributed by atoms with Crippen molar-refractivity contribution in [3.63, 3.8) is 0 Å². The van der Waals surface area contributed by atoms with E-state index in [-0.39, 0.29) is 18.7 Å². The minimum atomic E-state index is -0.843. The number of carbonyl (C=O) groups excluding carboxylic acids is 1. The van der Waals surface area contributed by atoms with Gasteiger partial charge in [-0.2, -0.15) is 4.98 Å². The van der Waals surface area contributed by atoms with Crippen LogP contribution in [0.2, 0.25) is 0 Å². The molecule has 0 saturated heterocycles. The standard InChI is InChI=1S/C19H15F2N7O2S/c20-12-4-1-5-13(21)17(12)24-15(29)6-7-16-23-14(28-30-16)10-31-19-25-18(26-27-19)11-3-2-8-22-9-11/h1-5,8-9H,6-7,10H2,(H,24,29)(H,25,26,27). The van der Waals surface area contributed by atoms with Gasteiger partial charge in [-0.25, -0.2) is 13.8 Å². The van der Waals surface area contributed by atoms with E-state index in [0.29, 0.717) is 22.6 Å². The molecule has 0 aliphatic heterocycles. The number of aromatic nitrogens is 6. The molecule has 9 nitrogen and oxygen atoms in total. The van der Waals surface area contributed by atoms with Gasteiger partial charge in [-0.3, -0.25) is 14.9 Å². The van der Waals surface area contributed by atoms with Crippen molar-refractivity contribution >= 4 is 23.4 Å². The Hall–Kier alpha value is -3.67. The van der Waals surface area contributed by atoms with E-state index in [4.69, 9.17) is 4.52 Å². The molecule has 3 heterocycles. The van der Waals surface area contributed by atoms with Crippen molar-refractivity contribution in [3.8, 4) is 11.4 Å². The predicted molar refractivity (Wildman–Crippen MR) is 107 cm³/mol. The smallest absolute Gasteiger partial charge is 0.227 e. The Kier molecular flexibility index (Phi) is 6.26. The zero-order valence-electron chi connectivity index (χ0n) is 15.9. The van der Waals surface area contributed by atoms with E-state index in [1.807, 2.05) is 6.07 Å². The van der Waals surface area contributed by atoms with Crippen molar-refractivity contribution in [1.29, 1.82) is 0 Å². The maximum Gasteiger partial charge on any atom is 0.227 e. The van der Waals surface area contributed by atoms with Crippen LogP contribution in [0, 0.1) is 11.6 Å². The number of halogens is 2. The van der Waals surface area contributed by atoms with Gasteiger partial charge in [0.25, 0.3) is 0 Å². The van der Waals surface area contributed by atoms with Crippen LogP contribution in [0.15, 0.2) is 52.4 Å². The van der Waals surface area contributed by atoms with Gasteiger partial charge in [0.1, 0.15) is 17.3 Å². The quantitative estimate of drug-likeness (QED) is 0.397. The lowest BCUT2D eigenvalue weighted by Gasteiger charge is -2.06. The Morgan fingerprint density at radius 2 is 2.00 bits per heavy atom. The Balaban J connectivity index is 1.27. The highest BCUT2D eigenvalue weighted by Gasteiger charge is 2.14. The summed E-state index contributed by atoms with van der Waals surface area (Å²) in [5, 5.41) is 13.5. The number of nitrogens with one attached hydrogen (secondary N) is 2. The number of rotatable bonds is 8. The molecule has 158 valence electrons. The molecule has 1 amide bonds. The fraction of sp³-hybridized carbons (Fsp3) is 0.158. The lowest BCUT2D eigenvalue weighted by atomic mass is 10.2. The van der Waals surface area contributed by atoms with Crippen molar-refractivity contribution in [3.05, 3.63) is 66.1 Å². The lowest BCUT2D eigenvalue weighted by Crippen LogP contribution is -2.14. The molecule has 0 fully saturated rings. The fourth-order valence-electron chi connectivity index (χ4n) is 2.56. The van der Waals surface area contributed by atoms with Crippen LogP contribution in [0.5, 0.6) is 0 Å². The summed E-state index contributed by atoms with van der Waals surface area (Å²) in [6, 6.07) is 7.02. The molecule has 0 bridgehead atoms. The number of hydrogen-bond acceptors (Lipinski definition) is 8. The molecule has 31 heavy (non-hydrogen) atoms. The van der Waals surface area contributed by atoms with E-state index < -0.39 is 23.2 Å². The summed E-state index contributed by atoms with van der Waals surface area (Å²) in [4.78, 5) is 24.6. The molecule has 0 spiro atoms. The molecule has 4 aromatic rings. The van der Waals surface area contributed by atoms with Gasteiger partial charge in [-0.1, -0.05) is 23.0 Å². The van der Waals surface area contributed by atoms with Gasteiger partial charge in [-0.05, 0) is 24.3 Å². The van der Waals surface area contributed by atoms with Gasteiger partial charge >= 0.3 is 0 Å². The number of pyridine rings is 1. The second-order valence-electron chi connectivity index (χ2n) is 6.25. The molecule has 2 N–H and O–H groups in total. The summed E-state index contributed by atoms with van der Waals surface area (Å²) in [7, 11) is 0. The van der Waals surface area contributed by atoms with Gasteiger partial charge in [0, 0.05) is 30.8 Å². The Morgan fingerprint density at radius 1 is 1.16 bits per heavy atom. The number of hydrogen-bond donors (Lipinski definition) is 2. The van der Waals surface area contributed by atoms with Crippen molar-refractivity contribution in [2.75, 3.05) is 5.32 Å². The SMILES string of the molecule is O=C(CCc1nc(CSc2n[nH]c(-c3cccnc3)n2)no1)Nc1c(F)cccc1F. The number of carbonyl (C=O) groups is 1. The average Bonchev–Trinajstić information content (AvgIpc) is 3.44. The molecule has 0 unspecified atom stereocenters. The van der Waals surface area contributed by atoms with E-state index >= 15 is 0 Å². The highest BCUT2D eigenvalue weighted by atomic mass is 32.2. The van der Waals surface area contributed by atoms with Crippen LogP contribution in [-0.2, 0) is 17.0 Å². The predicted octanol–water partition coefficient (Wildman–Crippen LogP) is 3.39. The number of thioether (sulfide) groups is 1. The zero-order chi connectivity index (χ0) is 21.6. The summed E-state index contributed by atoms with van der Waals surface area (Å²) in [6.45, 7) is 0. The number of nitrogens with zero attached hydrogens (tertiary/aromatic N) is 5. The number of H-pyrrole nitrogens is 1. The van der Waals surface area contributed by atoms with Crippen LogP contribution in [0.4, 0.5) is 14.5 Å². The maximum absolute atomic E-state index is 13.6. The van der Waals surface area contributed by atoms with Gasteiger partial charge in [0.15, 0.2) is 11.6 Å². The number of amides is 1. The van der Waals surface area contributed by atoms with Gasteiger partial charge in [0.2, 0.25) is 17.0 Å².